The fourth-order valence-electron chi connectivity index (χ4n) is 2.14. The highest BCUT2D eigenvalue weighted by atomic mass is 35.5. The van der Waals surface area contributed by atoms with Gasteiger partial charge >= 0.3 is 0 Å². The third-order valence-electron chi connectivity index (χ3n) is 3.40. The molecule has 0 spiro atoms. The normalized spacial score (nSPS) is 17.7. The van der Waals surface area contributed by atoms with Crippen molar-refractivity contribution in [2.24, 2.45) is 5.92 Å². The summed E-state index contributed by atoms with van der Waals surface area (Å²) in [5.74, 6) is 0.438. The number of hydrogen-bond acceptors (Lipinski definition) is 3. The molecule has 1 saturated heterocycles. The molecule has 5 heteroatoms. The van der Waals surface area contributed by atoms with Crippen LogP contribution in [0, 0.1) is 5.92 Å². The van der Waals surface area contributed by atoms with E-state index in [1.54, 1.807) is 12.3 Å². The van der Waals surface area contributed by atoms with Crippen LogP contribution in [0.15, 0.2) is 18.5 Å². The average molecular weight is 268 g/mol. The molecule has 18 heavy (non-hydrogen) atoms. The molecule has 1 fully saturated rings. The maximum absolute atomic E-state index is 11.9. The minimum absolute atomic E-state index is 0.132. The minimum atomic E-state index is -0.132. The number of nitrogens with one attached hydrogen (secondary N) is 1. The topological polar surface area (TPSA) is 45.2 Å². The van der Waals surface area contributed by atoms with E-state index in [2.05, 4.69) is 22.2 Å². The second-order valence-electron chi connectivity index (χ2n) is 4.81. The molecular formula is C13H18ClN3O. The number of carbonyl (C=O) groups excluding carboxylic acids is 1. The van der Waals surface area contributed by atoms with Gasteiger partial charge in [0, 0.05) is 18.9 Å². The van der Waals surface area contributed by atoms with Crippen LogP contribution >= 0.6 is 11.6 Å². The van der Waals surface area contributed by atoms with Gasteiger partial charge in [-0.2, -0.15) is 0 Å². The van der Waals surface area contributed by atoms with Crippen LogP contribution in [0.5, 0.6) is 0 Å². The smallest absolute Gasteiger partial charge is 0.254 e. The second-order valence-corrected chi connectivity index (χ2v) is 5.22. The Morgan fingerprint density at radius 3 is 2.94 bits per heavy atom. The molecule has 0 saturated carbocycles. The molecule has 1 N–H and O–H groups in total. The van der Waals surface area contributed by atoms with Crippen LogP contribution in [-0.4, -0.2) is 42.5 Å². The summed E-state index contributed by atoms with van der Waals surface area (Å²) in [4.78, 5) is 18.2. The predicted molar refractivity (Wildman–Crippen MR) is 71.8 cm³/mol. The van der Waals surface area contributed by atoms with E-state index >= 15 is 0 Å². The lowest BCUT2D eigenvalue weighted by molar-refractivity contribution is 0.0939. The molecule has 2 rings (SSSR count). The Morgan fingerprint density at radius 1 is 1.56 bits per heavy atom. The minimum Gasteiger partial charge on any atom is -0.352 e. The van der Waals surface area contributed by atoms with Gasteiger partial charge in [-0.25, -0.2) is 0 Å². The molecule has 2 heterocycles. The van der Waals surface area contributed by atoms with E-state index in [4.69, 9.17) is 11.6 Å². The summed E-state index contributed by atoms with van der Waals surface area (Å²) in [6.07, 6.45) is 5.36. The molecule has 1 aromatic rings. The molecule has 0 bridgehead atoms. The molecule has 1 aliphatic heterocycles. The number of aromatic nitrogens is 1. The van der Waals surface area contributed by atoms with E-state index in [1.165, 1.54) is 6.20 Å². The fraction of sp³-hybridized carbons (Fsp3) is 0.538. The SMILES string of the molecule is CN1CCC(CNC(=O)c2cnccc2Cl)CC1. The van der Waals surface area contributed by atoms with Gasteiger partial charge in [0.15, 0.2) is 0 Å². The number of halogens is 1. The highest BCUT2D eigenvalue weighted by Crippen LogP contribution is 2.16. The van der Waals surface area contributed by atoms with Gasteiger partial charge in [-0.15, -0.1) is 0 Å². The lowest BCUT2D eigenvalue weighted by atomic mass is 9.97. The molecule has 1 aromatic heterocycles. The highest BCUT2D eigenvalue weighted by molar-refractivity contribution is 6.33. The van der Waals surface area contributed by atoms with Crippen LogP contribution < -0.4 is 5.32 Å². The number of rotatable bonds is 3. The molecule has 4 nitrogen and oxygen atoms in total. The maximum atomic E-state index is 11.9. The third-order valence-corrected chi connectivity index (χ3v) is 3.73. The van der Waals surface area contributed by atoms with Crippen LogP contribution in [0.2, 0.25) is 5.02 Å². The van der Waals surface area contributed by atoms with E-state index < -0.39 is 0 Å². The fourth-order valence-corrected chi connectivity index (χ4v) is 2.33. The molecule has 0 unspecified atom stereocenters. The first-order valence-electron chi connectivity index (χ1n) is 6.23. The Kier molecular flexibility index (Phi) is 4.55. The van der Waals surface area contributed by atoms with Gasteiger partial charge in [0.1, 0.15) is 0 Å². The summed E-state index contributed by atoms with van der Waals surface area (Å²) < 4.78 is 0. The van der Waals surface area contributed by atoms with Crippen molar-refractivity contribution in [1.29, 1.82) is 0 Å². The van der Waals surface area contributed by atoms with Crippen LogP contribution in [0.1, 0.15) is 23.2 Å². The number of nitrogens with zero attached hydrogens (tertiary/aromatic N) is 2. The lowest BCUT2D eigenvalue weighted by Gasteiger charge is -2.28. The van der Waals surface area contributed by atoms with Gasteiger partial charge in [-0.1, -0.05) is 11.6 Å². The first kappa shape index (κ1) is 13.3. The van der Waals surface area contributed by atoms with Crippen LogP contribution in [0.4, 0.5) is 0 Å². The summed E-state index contributed by atoms with van der Waals surface area (Å²) in [5, 5.41) is 3.39. The Bertz CT molecular complexity index is 416. The Labute approximate surface area is 112 Å². The number of amides is 1. The van der Waals surface area contributed by atoms with E-state index in [-0.39, 0.29) is 5.91 Å². The molecule has 1 aliphatic rings. The van der Waals surface area contributed by atoms with E-state index in [0.29, 0.717) is 16.5 Å². The van der Waals surface area contributed by atoms with E-state index in [0.717, 1.165) is 32.5 Å². The van der Waals surface area contributed by atoms with Gasteiger partial charge in [0.05, 0.1) is 10.6 Å². The van der Waals surface area contributed by atoms with Crippen LogP contribution in [0.25, 0.3) is 0 Å². The Hall–Kier alpha value is -1.13. The molecular weight excluding hydrogens is 250 g/mol. The Morgan fingerprint density at radius 2 is 2.28 bits per heavy atom. The van der Waals surface area contributed by atoms with E-state index in [1.807, 2.05) is 0 Å². The zero-order valence-corrected chi connectivity index (χ0v) is 11.3. The largest absolute Gasteiger partial charge is 0.352 e. The number of piperidine rings is 1. The summed E-state index contributed by atoms with van der Waals surface area (Å²) in [5.41, 5.74) is 0.451. The number of pyridine rings is 1. The Balaban J connectivity index is 1.84. The average Bonchev–Trinajstić information content (AvgIpc) is 2.38. The maximum Gasteiger partial charge on any atom is 0.254 e. The van der Waals surface area contributed by atoms with Crippen molar-refractivity contribution in [2.45, 2.75) is 12.8 Å². The monoisotopic (exact) mass is 267 g/mol. The molecule has 0 aliphatic carbocycles. The molecule has 1 amide bonds. The third kappa shape index (κ3) is 3.43. The van der Waals surface area contributed by atoms with Gasteiger partial charge in [0.2, 0.25) is 0 Å². The lowest BCUT2D eigenvalue weighted by Crippen LogP contribution is -2.36. The van der Waals surface area contributed by atoms with Crippen LogP contribution in [0.3, 0.4) is 0 Å². The van der Waals surface area contributed by atoms with Gasteiger partial charge < -0.3 is 10.2 Å². The summed E-state index contributed by atoms with van der Waals surface area (Å²) in [6.45, 7) is 2.93. The zero-order chi connectivity index (χ0) is 13.0. The predicted octanol–water partition coefficient (Wildman–Crippen LogP) is 1.81. The van der Waals surface area contributed by atoms with Crippen molar-refractivity contribution >= 4 is 17.5 Å². The summed E-state index contributed by atoms with van der Waals surface area (Å²) >= 11 is 5.95. The first-order chi connectivity index (χ1) is 8.66. The van der Waals surface area contributed by atoms with Gasteiger partial charge in [-0.05, 0) is 45.0 Å². The first-order valence-corrected chi connectivity index (χ1v) is 6.61. The van der Waals surface area contributed by atoms with E-state index in [9.17, 15) is 4.79 Å². The molecule has 0 radical (unpaired) electrons. The standard InChI is InChI=1S/C13H18ClN3O/c1-17-6-3-10(4-7-17)8-16-13(18)11-9-15-5-2-12(11)14/h2,5,9-10H,3-4,6-8H2,1H3,(H,16,18). The van der Waals surface area contributed by atoms with Gasteiger partial charge in [-0.3, -0.25) is 9.78 Å². The summed E-state index contributed by atoms with van der Waals surface area (Å²) in [6, 6.07) is 1.63. The van der Waals surface area contributed by atoms with Gasteiger partial charge in [0.25, 0.3) is 5.91 Å². The number of carbonyl (C=O) groups is 1. The van der Waals surface area contributed by atoms with Crippen LogP contribution in [-0.2, 0) is 0 Å². The molecule has 98 valence electrons. The van der Waals surface area contributed by atoms with Crippen molar-refractivity contribution in [1.82, 2.24) is 15.2 Å². The number of likely N-dealkylation sites (tertiary alicyclic amines) is 1. The van der Waals surface area contributed by atoms with Crippen molar-refractivity contribution in [3.05, 3.63) is 29.0 Å². The van der Waals surface area contributed by atoms with Crippen molar-refractivity contribution in [2.75, 3.05) is 26.7 Å². The highest BCUT2D eigenvalue weighted by Gasteiger charge is 2.18. The number of hydrogen-bond donors (Lipinski definition) is 1. The van der Waals surface area contributed by atoms with Crippen molar-refractivity contribution < 1.29 is 4.79 Å². The van der Waals surface area contributed by atoms with Crippen molar-refractivity contribution in [3.8, 4) is 0 Å². The summed E-state index contributed by atoms with van der Waals surface area (Å²) in [7, 11) is 2.13. The second kappa shape index (κ2) is 6.16. The zero-order valence-electron chi connectivity index (χ0n) is 10.5. The molecule has 0 atom stereocenters. The van der Waals surface area contributed by atoms with Crippen molar-refractivity contribution in [3.63, 3.8) is 0 Å². The quantitative estimate of drug-likeness (QED) is 0.908. The molecule has 0 aromatic carbocycles.